The second-order valence-electron chi connectivity index (χ2n) is 8.48. The number of rotatable bonds is 2. The number of Topliss-reactive ketones (excluding diaryl/α,β-unsaturated/α-hetero) is 1. The average molecular weight is 419 g/mol. The van der Waals surface area contributed by atoms with Crippen molar-refractivity contribution in [1.82, 2.24) is 5.32 Å². The van der Waals surface area contributed by atoms with Crippen LogP contribution in [0.3, 0.4) is 0 Å². The average Bonchev–Trinajstić information content (AvgIpc) is 3.04. The first-order chi connectivity index (χ1) is 14.8. The smallest absolute Gasteiger partial charge is 0.231 e. The summed E-state index contributed by atoms with van der Waals surface area (Å²) in [4.78, 5) is 51.2. The molecule has 1 aliphatic heterocycles. The fourth-order valence-electron chi connectivity index (χ4n) is 5.62. The molecule has 0 spiro atoms. The molecule has 0 unspecified atom stereocenters. The first-order valence-electron chi connectivity index (χ1n) is 10.2. The Morgan fingerprint density at radius 3 is 2.61 bits per heavy atom. The van der Waals surface area contributed by atoms with E-state index in [9.17, 15) is 24.3 Å². The lowest BCUT2D eigenvalue weighted by Gasteiger charge is -2.42. The molecule has 7 nitrogen and oxygen atoms in total. The van der Waals surface area contributed by atoms with Gasteiger partial charge in [0, 0.05) is 28.2 Å². The summed E-state index contributed by atoms with van der Waals surface area (Å²) in [5.41, 5.74) is 2.19. The normalized spacial score (nSPS) is 29.6. The number of phenols is 1. The summed E-state index contributed by atoms with van der Waals surface area (Å²) in [7, 11) is 1.47. The van der Waals surface area contributed by atoms with Gasteiger partial charge in [-0.3, -0.25) is 24.5 Å². The summed E-state index contributed by atoms with van der Waals surface area (Å²) in [6.07, 6.45) is 3.80. The molecule has 7 heteroatoms. The van der Waals surface area contributed by atoms with Gasteiger partial charge in [0.2, 0.25) is 11.8 Å². The van der Waals surface area contributed by atoms with E-state index < -0.39 is 23.7 Å². The number of methoxy groups -OCH3 is 1. The number of allylic oxidation sites excluding steroid dienone is 6. The van der Waals surface area contributed by atoms with Gasteiger partial charge in [0.1, 0.15) is 11.5 Å². The highest BCUT2D eigenvalue weighted by atomic mass is 16.5. The molecule has 3 aliphatic carbocycles. The van der Waals surface area contributed by atoms with Crippen molar-refractivity contribution in [3.05, 3.63) is 58.2 Å². The molecule has 1 heterocycles. The highest BCUT2D eigenvalue weighted by Crippen LogP contribution is 2.56. The summed E-state index contributed by atoms with van der Waals surface area (Å²) < 4.78 is 5.49. The molecule has 5 rings (SSSR count). The van der Waals surface area contributed by atoms with Gasteiger partial charge < -0.3 is 9.84 Å². The molecular weight excluding hydrogens is 398 g/mol. The number of imide groups is 1. The van der Waals surface area contributed by atoms with E-state index >= 15 is 0 Å². The van der Waals surface area contributed by atoms with E-state index in [1.165, 1.54) is 19.3 Å². The SMILES string of the molecule is COc1cccc(O)c1[C@H]1C2=CC[C@@H]3C(=O)NC(=O)[C@@H]3[C@@H]2CC2=C1C(=O)C=C(C)C2=O. The highest BCUT2D eigenvalue weighted by Gasteiger charge is 2.54. The Bertz CT molecular complexity index is 1170. The van der Waals surface area contributed by atoms with E-state index in [1.54, 1.807) is 19.1 Å². The molecule has 1 fully saturated rings. The maximum atomic E-state index is 13.1. The number of carbonyl (C=O) groups is 4. The minimum Gasteiger partial charge on any atom is -0.507 e. The van der Waals surface area contributed by atoms with Crippen LogP contribution < -0.4 is 10.1 Å². The molecule has 1 aromatic rings. The monoisotopic (exact) mass is 419 g/mol. The molecule has 0 aromatic heterocycles. The zero-order valence-electron chi connectivity index (χ0n) is 17.1. The second kappa shape index (κ2) is 6.77. The van der Waals surface area contributed by atoms with Crippen LogP contribution in [0.25, 0.3) is 0 Å². The van der Waals surface area contributed by atoms with Crippen LogP contribution in [-0.4, -0.2) is 35.6 Å². The maximum Gasteiger partial charge on any atom is 0.231 e. The largest absolute Gasteiger partial charge is 0.507 e. The molecule has 158 valence electrons. The number of aromatic hydroxyl groups is 1. The topological polar surface area (TPSA) is 110 Å². The molecule has 0 radical (unpaired) electrons. The number of ether oxygens (including phenoxy) is 1. The van der Waals surface area contributed by atoms with E-state index in [2.05, 4.69) is 5.32 Å². The van der Waals surface area contributed by atoms with Gasteiger partial charge in [0.25, 0.3) is 0 Å². The third-order valence-corrected chi connectivity index (χ3v) is 6.96. The van der Waals surface area contributed by atoms with Crippen LogP contribution >= 0.6 is 0 Å². The molecule has 4 atom stereocenters. The Balaban J connectivity index is 1.77. The molecular formula is C24H21NO6. The zero-order chi connectivity index (χ0) is 22.0. The van der Waals surface area contributed by atoms with Crippen molar-refractivity contribution in [3.63, 3.8) is 0 Å². The van der Waals surface area contributed by atoms with Crippen molar-refractivity contribution < 1.29 is 29.0 Å². The first-order valence-corrected chi connectivity index (χ1v) is 10.2. The molecule has 2 N–H and O–H groups in total. The standard InChI is InChI=1S/C24H21NO6/c1-10-8-16(27)19-14(22(10)28)9-13-11(6-7-12-18(13)24(30)25-23(12)29)20(19)21-15(26)4-3-5-17(21)31-2/h3-6,8,12-13,18,20,26H,7,9H2,1-2H3,(H,25,29,30)/t12-,13+,18-,20-/m0/s1. The summed E-state index contributed by atoms with van der Waals surface area (Å²) in [5.74, 6) is -3.07. The van der Waals surface area contributed by atoms with Crippen molar-refractivity contribution in [1.29, 1.82) is 0 Å². The Labute approximate surface area is 178 Å². The predicted molar refractivity (Wildman–Crippen MR) is 109 cm³/mol. The van der Waals surface area contributed by atoms with Gasteiger partial charge in [-0.15, -0.1) is 0 Å². The van der Waals surface area contributed by atoms with Crippen molar-refractivity contribution in [3.8, 4) is 11.5 Å². The fourth-order valence-corrected chi connectivity index (χ4v) is 5.62. The number of phenolic OH excluding ortho intramolecular Hbond substituents is 1. The number of hydrogen-bond acceptors (Lipinski definition) is 6. The number of ketones is 2. The van der Waals surface area contributed by atoms with E-state index in [-0.39, 0.29) is 35.6 Å². The summed E-state index contributed by atoms with van der Waals surface area (Å²) in [6.45, 7) is 1.60. The van der Waals surface area contributed by atoms with Crippen molar-refractivity contribution in [2.24, 2.45) is 17.8 Å². The molecule has 4 aliphatic rings. The Morgan fingerprint density at radius 1 is 1.10 bits per heavy atom. The molecule has 0 saturated carbocycles. The van der Waals surface area contributed by atoms with Gasteiger partial charge in [0.15, 0.2) is 11.6 Å². The maximum absolute atomic E-state index is 13.1. The Morgan fingerprint density at radius 2 is 1.87 bits per heavy atom. The van der Waals surface area contributed by atoms with E-state index in [1.807, 2.05) is 6.08 Å². The number of carbonyl (C=O) groups excluding carboxylic acids is 4. The predicted octanol–water partition coefficient (Wildman–Crippen LogP) is 2.12. The van der Waals surface area contributed by atoms with Gasteiger partial charge in [-0.2, -0.15) is 0 Å². The Hall–Kier alpha value is -3.48. The van der Waals surface area contributed by atoms with Gasteiger partial charge in [0.05, 0.1) is 18.9 Å². The highest BCUT2D eigenvalue weighted by molar-refractivity contribution is 6.23. The lowest BCUT2D eigenvalue weighted by atomic mass is 9.59. The summed E-state index contributed by atoms with van der Waals surface area (Å²) >= 11 is 0. The minimum atomic E-state index is -0.727. The van der Waals surface area contributed by atoms with Crippen LogP contribution in [0.1, 0.15) is 31.2 Å². The fraction of sp³-hybridized carbons (Fsp3) is 0.333. The lowest BCUT2D eigenvalue weighted by Crippen LogP contribution is -2.39. The summed E-state index contributed by atoms with van der Waals surface area (Å²) in [6, 6.07) is 4.84. The quantitative estimate of drug-likeness (QED) is 0.432. The van der Waals surface area contributed by atoms with E-state index in [4.69, 9.17) is 4.74 Å². The molecule has 0 bridgehead atoms. The van der Waals surface area contributed by atoms with Crippen molar-refractivity contribution in [2.45, 2.75) is 25.7 Å². The molecule has 1 saturated heterocycles. The van der Waals surface area contributed by atoms with Crippen molar-refractivity contribution in [2.75, 3.05) is 7.11 Å². The third kappa shape index (κ3) is 2.65. The molecule has 2 amide bonds. The lowest BCUT2D eigenvalue weighted by molar-refractivity contribution is -0.126. The van der Waals surface area contributed by atoms with Gasteiger partial charge in [-0.25, -0.2) is 0 Å². The number of hydrogen-bond donors (Lipinski definition) is 2. The van der Waals surface area contributed by atoms with Crippen LogP contribution in [0.15, 0.2) is 52.6 Å². The van der Waals surface area contributed by atoms with E-state index in [0.29, 0.717) is 34.5 Å². The number of fused-ring (bicyclic) bond motifs is 3. The van der Waals surface area contributed by atoms with Crippen LogP contribution in [0.2, 0.25) is 0 Å². The van der Waals surface area contributed by atoms with Gasteiger partial charge in [-0.1, -0.05) is 17.7 Å². The van der Waals surface area contributed by atoms with Crippen LogP contribution in [0.4, 0.5) is 0 Å². The van der Waals surface area contributed by atoms with Crippen LogP contribution in [0.5, 0.6) is 11.5 Å². The summed E-state index contributed by atoms with van der Waals surface area (Å²) in [5, 5.41) is 13.2. The number of benzene rings is 1. The van der Waals surface area contributed by atoms with Crippen LogP contribution in [-0.2, 0) is 19.2 Å². The van der Waals surface area contributed by atoms with Crippen molar-refractivity contribution >= 4 is 23.4 Å². The van der Waals surface area contributed by atoms with Crippen LogP contribution in [0, 0.1) is 17.8 Å². The number of amides is 2. The zero-order valence-corrected chi connectivity index (χ0v) is 17.1. The number of nitrogens with one attached hydrogen (secondary N) is 1. The second-order valence-corrected chi connectivity index (χ2v) is 8.48. The molecule has 1 aromatic carbocycles. The van der Waals surface area contributed by atoms with Gasteiger partial charge >= 0.3 is 0 Å². The minimum absolute atomic E-state index is 0.0571. The van der Waals surface area contributed by atoms with Gasteiger partial charge in [-0.05, 0) is 43.9 Å². The first kappa shape index (κ1) is 19.5. The Kier molecular flexibility index (Phi) is 4.25. The third-order valence-electron chi connectivity index (χ3n) is 6.96. The molecule has 31 heavy (non-hydrogen) atoms. The van der Waals surface area contributed by atoms with E-state index in [0.717, 1.165) is 5.57 Å².